The molecule has 348 valence electrons. The highest BCUT2D eigenvalue weighted by Crippen LogP contribution is 2.70. The summed E-state index contributed by atoms with van der Waals surface area (Å²) in [6, 6.07) is 0. The number of hydrogen-bond acceptors (Lipinski definition) is 16. The predicted molar refractivity (Wildman–Crippen MR) is 213 cm³/mol. The molecule has 9 rings (SSSR count). The predicted octanol–water partition coefficient (Wildman–Crippen LogP) is 1.24. The van der Waals surface area contributed by atoms with Crippen LogP contribution in [0.4, 0.5) is 0 Å². The molecule has 1 spiro atoms. The maximum Gasteiger partial charge on any atom is 0.187 e. The zero-order chi connectivity index (χ0) is 43.5. The molecule has 26 atom stereocenters. The van der Waals surface area contributed by atoms with Crippen molar-refractivity contribution in [2.24, 2.45) is 46.3 Å². The molecule has 8 fully saturated rings. The van der Waals surface area contributed by atoms with Gasteiger partial charge in [0.15, 0.2) is 24.7 Å². The van der Waals surface area contributed by atoms with Crippen molar-refractivity contribution in [3.05, 3.63) is 11.6 Å². The first-order valence-corrected chi connectivity index (χ1v) is 23.2. The lowest BCUT2D eigenvalue weighted by molar-refractivity contribution is -0.388. The van der Waals surface area contributed by atoms with Crippen molar-refractivity contribution >= 4 is 0 Å². The molecule has 3 saturated carbocycles. The quantitative estimate of drug-likeness (QED) is 0.168. The lowest BCUT2D eigenvalue weighted by atomic mass is 9.47. The molecule has 8 N–H and O–H groups in total. The second-order valence-corrected chi connectivity index (χ2v) is 21.1. The molecule has 0 aromatic carbocycles. The summed E-state index contributed by atoms with van der Waals surface area (Å²) in [5, 5.41) is 85.9. The maximum absolute atomic E-state index is 12.0. The molecule has 5 aliphatic heterocycles. The van der Waals surface area contributed by atoms with Gasteiger partial charge in [-0.15, -0.1) is 0 Å². The van der Waals surface area contributed by atoms with Gasteiger partial charge in [0, 0.05) is 12.3 Å². The normalized spacial score (nSPS) is 58.4. The van der Waals surface area contributed by atoms with Gasteiger partial charge in [0.05, 0.1) is 37.6 Å². The van der Waals surface area contributed by atoms with Crippen LogP contribution in [0.25, 0.3) is 0 Å². The van der Waals surface area contributed by atoms with Crippen molar-refractivity contribution in [3.63, 3.8) is 0 Å². The zero-order valence-corrected chi connectivity index (χ0v) is 36.5. The molecule has 0 aromatic heterocycles. The molecule has 16 heteroatoms. The van der Waals surface area contributed by atoms with E-state index in [1.807, 2.05) is 0 Å². The summed E-state index contributed by atoms with van der Waals surface area (Å²) in [7, 11) is 0. The fourth-order valence-corrected chi connectivity index (χ4v) is 14.0. The van der Waals surface area contributed by atoms with Crippen LogP contribution in [0.2, 0.25) is 0 Å². The zero-order valence-electron chi connectivity index (χ0n) is 36.5. The van der Waals surface area contributed by atoms with Gasteiger partial charge in [0.25, 0.3) is 0 Å². The van der Waals surface area contributed by atoms with Gasteiger partial charge < -0.3 is 78.7 Å². The summed E-state index contributed by atoms with van der Waals surface area (Å²) < 4.78 is 50.1. The van der Waals surface area contributed by atoms with E-state index in [0.29, 0.717) is 48.3 Å². The van der Waals surface area contributed by atoms with Crippen LogP contribution >= 0.6 is 0 Å². The second kappa shape index (κ2) is 16.8. The van der Waals surface area contributed by atoms with E-state index >= 15 is 0 Å². The van der Waals surface area contributed by atoms with Crippen LogP contribution in [0.15, 0.2) is 11.6 Å². The van der Waals surface area contributed by atoms with E-state index in [2.05, 4.69) is 33.8 Å². The Bertz CT molecular complexity index is 1590. The fourth-order valence-electron chi connectivity index (χ4n) is 14.0. The fraction of sp³-hybridized carbons (Fsp3) is 0.956. The van der Waals surface area contributed by atoms with Gasteiger partial charge in [-0.1, -0.05) is 39.3 Å². The van der Waals surface area contributed by atoms with Crippen LogP contribution in [-0.2, 0) is 37.9 Å². The van der Waals surface area contributed by atoms with E-state index in [4.69, 9.17) is 37.9 Å². The van der Waals surface area contributed by atoms with Crippen molar-refractivity contribution in [1.29, 1.82) is 0 Å². The molecule has 0 amide bonds. The number of fused-ring (bicyclic) bond motifs is 7. The van der Waals surface area contributed by atoms with Crippen LogP contribution in [0.5, 0.6) is 0 Å². The van der Waals surface area contributed by atoms with E-state index < -0.39 is 105 Å². The maximum atomic E-state index is 12.0. The van der Waals surface area contributed by atoms with Crippen molar-refractivity contribution in [3.8, 4) is 0 Å². The highest BCUT2D eigenvalue weighted by molar-refractivity contribution is 5.26. The van der Waals surface area contributed by atoms with Crippen molar-refractivity contribution in [2.45, 2.75) is 209 Å². The largest absolute Gasteiger partial charge is 0.394 e. The topological polar surface area (TPSA) is 236 Å². The van der Waals surface area contributed by atoms with Crippen LogP contribution in [0.3, 0.4) is 0 Å². The molecule has 0 radical (unpaired) electrons. The monoisotopic (exact) mass is 868 g/mol. The standard InChI is InChI=1S/C45H72O16/c1-19-9-14-45(54-18-19)20(2)30-28(61-45)16-27-25-8-7-23-15-24(10-12-43(23,5)26(25)11-13-44(27,30)6)57-42-39(60-41-36(52)34(50)32(48)22(4)56-41)37(53)38(29(17-46)58-42)59-40-35(51)33(49)31(47)21(3)55-40/h7,19-22,24-42,46-53H,8-18H2,1-6H3/t19-,20+,21+,22+,24+,25-,26+,27+,28?,29-,30?,31+,32+,33-,34-,35-,36-,37+,38-,39-,40+,41+,42+,43+,44+,45-/m1/s1. The molecule has 0 aromatic rings. The summed E-state index contributed by atoms with van der Waals surface area (Å²) in [5.74, 6) is 2.64. The van der Waals surface area contributed by atoms with E-state index in [0.717, 1.165) is 45.1 Å². The first kappa shape index (κ1) is 45.3. The van der Waals surface area contributed by atoms with Gasteiger partial charge in [-0.3, -0.25) is 0 Å². The number of aliphatic hydroxyl groups is 8. The molecule has 9 aliphatic rings. The SMILES string of the molecule is C[C@@H]1CC[C@@]2(OC1)OC1C[C@H]3[C@@H]4CC=C5C[C@@H](O[C@H]6O[C@H](CO)[C@@H](O[C@@H]7O[C@@H](C)[C@H](O)[C@@H](O)[C@H]7O)[C@H](O)[C@H]6O[C@@H]6O[C@@H](C)[C@H](O)[C@@H](O)[C@H]6O)CC[C@]5(C)[C@H]4CC[C@]3(C)C1[C@@H]2C. The van der Waals surface area contributed by atoms with E-state index in [1.165, 1.54) is 25.8 Å². The molecular weight excluding hydrogens is 796 g/mol. The summed E-state index contributed by atoms with van der Waals surface area (Å²) in [6.45, 7) is 12.7. The molecule has 2 unspecified atom stereocenters. The third-order valence-corrected chi connectivity index (χ3v) is 17.6. The van der Waals surface area contributed by atoms with Gasteiger partial charge in [0.1, 0.15) is 61.0 Å². The number of aliphatic hydroxyl groups excluding tert-OH is 8. The van der Waals surface area contributed by atoms with Crippen molar-refractivity contribution < 1.29 is 78.7 Å². The lowest BCUT2D eigenvalue weighted by Crippen LogP contribution is -2.66. The molecule has 5 heterocycles. The van der Waals surface area contributed by atoms with Gasteiger partial charge in [-0.05, 0) is 106 Å². The average Bonchev–Trinajstić information content (AvgIpc) is 3.69. The third kappa shape index (κ3) is 7.42. The minimum atomic E-state index is -1.71. The summed E-state index contributed by atoms with van der Waals surface area (Å²) in [6.07, 6.45) is -10.4. The Balaban J connectivity index is 0.916. The first-order chi connectivity index (χ1) is 28.9. The molecule has 0 bridgehead atoms. The average molecular weight is 869 g/mol. The molecule has 4 aliphatic carbocycles. The van der Waals surface area contributed by atoms with E-state index in [9.17, 15) is 40.9 Å². The molecule has 16 nitrogen and oxygen atoms in total. The van der Waals surface area contributed by atoms with Crippen molar-refractivity contribution in [2.75, 3.05) is 13.2 Å². The summed E-state index contributed by atoms with van der Waals surface area (Å²) >= 11 is 0. The number of hydrogen-bond donors (Lipinski definition) is 8. The Labute approximate surface area is 358 Å². The highest BCUT2D eigenvalue weighted by Gasteiger charge is 2.69. The number of rotatable bonds is 7. The summed E-state index contributed by atoms with van der Waals surface area (Å²) in [5.41, 5.74) is 1.53. The molecule has 5 saturated heterocycles. The highest BCUT2D eigenvalue weighted by atomic mass is 16.8. The number of ether oxygens (including phenoxy) is 8. The van der Waals surface area contributed by atoms with Gasteiger partial charge in [0.2, 0.25) is 0 Å². The van der Waals surface area contributed by atoms with Gasteiger partial charge >= 0.3 is 0 Å². The first-order valence-electron chi connectivity index (χ1n) is 23.2. The second-order valence-electron chi connectivity index (χ2n) is 21.1. The Morgan fingerprint density at radius 2 is 1.34 bits per heavy atom. The van der Waals surface area contributed by atoms with Crippen molar-refractivity contribution in [1.82, 2.24) is 0 Å². The van der Waals surface area contributed by atoms with Gasteiger partial charge in [-0.25, -0.2) is 0 Å². The van der Waals surface area contributed by atoms with E-state index in [-0.39, 0.29) is 23.0 Å². The Kier molecular flexibility index (Phi) is 12.4. The number of allylic oxidation sites excluding steroid dienone is 1. The molecule has 61 heavy (non-hydrogen) atoms. The van der Waals surface area contributed by atoms with E-state index in [1.54, 1.807) is 0 Å². The van der Waals surface area contributed by atoms with Crippen LogP contribution in [0, 0.1) is 46.3 Å². The minimum absolute atomic E-state index is 0.0171. The Morgan fingerprint density at radius 1 is 0.689 bits per heavy atom. The minimum Gasteiger partial charge on any atom is -0.394 e. The van der Waals surface area contributed by atoms with Gasteiger partial charge in [-0.2, -0.15) is 0 Å². The Morgan fingerprint density at radius 3 is 1.97 bits per heavy atom. The smallest absolute Gasteiger partial charge is 0.187 e. The summed E-state index contributed by atoms with van der Waals surface area (Å²) in [4.78, 5) is 0. The lowest BCUT2D eigenvalue weighted by Gasteiger charge is -2.58. The molecular formula is C45H72O16. The third-order valence-electron chi connectivity index (χ3n) is 17.6. The van der Waals surface area contributed by atoms with Crippen LogP contribution < -0.4 is 0 Å². The Hall–Kier alpha value is -0.900. The van der Waals surface area contributed by atoms with Crippen LogP contribution in [0.1, 0.15) is 99.3 Å². The van der Waals surface area contributed by atoms with Crippen LogP contribution in [-0.4, -0.2) is 164 Å².